The average Bonchev–Trinajstić information content (AvgIpc) is 2.95. The van der Waals surface area contributed by atoms with Crippen molar-refractivity contribution in [1.29, 1.82) is 0 Å². The molecule has 1 saturated carbocycles. The summed E-state index contributed by atoms with van der Waals surface area (Å²) in [7, 11) is 0. The maximum absolute atomic E-state index is 10.8. The second-order valence-corrected chi connectivity index (χ2v) is 6.94. The zero-order chi connectivity index (χ0) is 14.0. The summed E-state index contributed by atoms with van der Waals surface area (Å²) in [6, 6.07) is 5.03. The average molecular weight is 340 g/mol. The van der Waals surface area contributed by atoms with E-state index in [4.69, 9.17) is 0 Å². The standard InChI is InChI=1S/C15H22BrN3O/c16-11-1-2-14(18-9-11)15(20)6-3-12(4-7-15)19-13-5-8-17-10-13/h1-2,9,12-13,17,19-20H,3-8,10H2/t12?,13-,15?/m0/s1. The summed E-state index contributed by atoms with van der Waals surface area (Å²) < 4.78 is 0.953. The number of nitrogens with zero attached hydrogens (tertiary/aromatic N) is 1. The lowest BCUT2D eigenvalue weighted by atomic mass is 9.79. The summed E-state index contributed by atoms with van der Waals surface area (Å²) in [4.78, 5) is 4.37. The highest BCUT2D eigenvalue weighted by atomic mass is 79.9. The molecule has 1 aromatic rings. The second kappa shape index (κ2) is 6.10. The van der Waals surface area contributed by atoms with E-state index in [-0.39, 0.29) is 0 Å². The minimum atomic E-state index is -0.743. The van der Waals surface area contributed by atoms with Crippen LogP contribution in [0.2, 0.25) is 0 Å². The van der Waals surface area contributed by atoms with Crippen LogP contribution in [0.3, 0.4) is 0 Å². The lowest BCUT2D eigenvalue weighted by molar-refractivity contribution is -0.0130. The number of halogens is 1. The van der Waals surface area contributed by atoms with Crippen LogP contribution in [0.1, 0.15) is 37.8 Å². The van der Waals surface area contributed by atoms with E-state index in [1.807, 2.05) is 12.1 Å². The van der Waals surface area contributed by atoms with E-state index in [1.54, 1.807) is 6.20 Å². The first kappa shape index (κ1) is 14.4. The van der Waals surface area contributed by atoms with Gasteiger partial charge in [-0.1, -0.05) is 0 Å². The predicted molar refractivity (Wildman–Crippen MR) is 82.5 cm³/mol. The molecule has 1 aromatic heterocycles. The molecule has 1 aliphatic carbocycles. The molecule has 0 radical (unpaired) electrons. The summed E-state index contributed by atoms with van der Waals surface area (Å²) in [5, 5.41) is 17.9. The Labute approximate surface area is 128 Å². The molecule has 5 heteroatoms. The van der Waals surface area contributed by atoms with Crippen molar-refractivity contribution in [3.05, 3.63) is 28.5 Å². The van der Waals surface area contributed by atoms with Gasteiger partial charge in [-0.05, 0) is 66.7 Å². The van der Waals surface area contributed by atoms with Gasteiger partial charge in [-0.2, -0.15) is 0 Å². The van der Waals surface area contributed by atoms with Gasteiger partial charge < -0.3 is 15.7 Å². The van der Waals surface area contributed by atoms with E-state index < -0.39 is 5.60 Å². The molecule has 3 N–H and O–H groups in total. The largest absolute Gasteiger partial charge is 0.384 e. The quantitative estimate of drug-likeness (QED) is 0.787. The molecule has 1 aliphatic heterocycles. The molecule has 1 atom stereocenters. The van der Waals surface area contributed by atoms with Gasteiger partial charge in [0.2, 0.25) is 0 Å². The monoisotopic (exact) mass is 339 g/mol. The molecule has 3 rings (SSSR count). The number of aromatic nitrogens is 1. The maximum Gasteiger partial charge on any atom is 0.107 e. The zero-order valence-corrected chi connectivity index (χ0v) is 13.2. The van der Waals surface area contributed by atoms with E-state index in [9.17, 15) is 5.11 Å². The number of nitrogens with one attached hydrogen (secondary N) is 2. The highest BCUT2D eigenvalue weighted by Crippen LogP contribution is 2.36. The molecule has 2 fully saturated rings. The first-order chi connectivity index (χ1) is 9.66. The third-order valence-corrected chi connectivity index (χ3v) is 5.02. The van der Waals surface area contributed by atoms with Crippen LogP contribution in [-0.4, -0.2) is 35.3 Å². The Bertz CT molecular complexity index is 437. The van der Waals surface area contributed by atoms with Crippen molar-refractivity contribution in [2.24, 2.45) is 0 Å². The molecule has 0 amide bonds. The van der Waals surface area contributed by atoms with Gasteiger partial charge in [0.15, 0.2) is 0 Å². The van der Waals surface area contributed by atoms with Crippen molar-refractivity contribution in [3.8, 4) is 0 Å². The van der Waals surface area contributed by atoms with Gasteiger partial charge in [-0.3, -0.25) is 4.98 Å². The van der Waals surface area contributed by atoms with Crippen molar-refractivity contribution in [2.75, 3.05) is 13.1 Å². The fourth-order valence-corrected chi connectivity index (χ4v) is 3.53. The second-order valence-electron chi connectivity index (χ2n) is 6.02. The normalized spacial score (nSPS) is 34.3. The highest BCUT2D eigenvalue weighted by molar-refractivity contribution is 9.10. The number of rotatable bonds is 3. The molecule has 0 bridgehead atoms. The van der Waals surface area contributed by atoms with Crippen LogP contribution < -0.4 is 10.6 Å². The van der Waals surface area contributed by atoms with Crippen molar-refractivity contribution in [1.82, 2.24) is 15.6 Å². The lowest BCUT2D eigenvalue weighted by Crippen LogP contribution is -2.44. The van der Waals surface area contributed by atoms with E-state index in [2.05, 4.69) is 31.5 Å². The fraction of sp³-hybridized carbons (Fsp3) is 0.667. The molecule has 2 aliphatic rings. The maximum atomic E-state index is 10.8. The van der Waals surface area contributed by atoms with E-state index in [0.717, 1.165) is 48.9 Å². The van der Waals surface area contributed by atoms with Crippen LogP contribution in [0.25, 0.3) is 0 Å². The van der Waals surface area contributed by atoms with Gasteiger partial charge in [0, 0.05) is 29.3 Å². The number of pyridine rings is 1. The third kappa shape index (κ3) is 3.22. The summed E-state index contributed by atoms with van der Waals surface area (Å²) in [6.45, 7) is 2.20. The van der Waals surface area contributed by atoms with Crippen LogP contribution >= 0.6 is 15.9 Å². The molecule has 2 heterocycles. The Balaban J connectivity index is 1.57. The molecular weight excluding hydrogens is 318 g/mol. The van der Waals surface area contributed by atoms with E-state index >= 15 is 0 Å². The highest BCUT2D eigenvalue weighted by Gasteiger charge is 2.36. The minimum Gasteiger partial charge on any atom is -0.384 e. The summed E-state index contributed by atoms with van der Waals surface area (Å²) in [5.74, 6) is 0. The van der Waals surface area contributed by atoms with Crippen LogP contribution in [0.15, 0.2) is 22.8 Å². The molecule has 0 spiro atoms. The van der Waals surface area contributed by atoms with Crippen LogP contribution in [0, 0.1) is 0 Å². The van der Waals surface area contributed by atoms with E-state index in [1.165, 1.54) is 6.42 Å². The molecule has 1 saturated heterocycles. The van der Waals surface area contributed by atoms with Crippen molar-refractivity contribution < 1.29 is 5.11 Å². The Kier molecular flexibility index (Phi) is 4.40. The van der Waals surface area contributed by atoms with Crippen molar-refractivity contribution >= 4 is 15.9 Å². The number of hydrogen-bond acceptors (Lipinski definition) is 4. The van der Waals surface area contributed by atoms with Gasteiger partial charge in [0.25, 0.3) is 0 Å². The molecule has 0 aromatic carbocycles. The Morgan fingerprint density at radius 2 is 2.05 bits per heavy atom. The van der Waals surface area contributed by atoms with Crippen molar-refractivity contribution in [2.45, 2.75) is 49.8 Å². The molecule has 4 nitrogen and oxygen atoms in total. The minimum absolute atomic E-state index is 0.538. The topological polar surface area (TPSA) is 57.2 Å². The van der Waals surface area contributed by atoms with Gasteiger partial charge in [-0.15, -0.1) is 0 Å². The van der Waals surface area contributed by atoms with Gasteiger partial charge in [-0.25, -0.2) is 0 Å². The summed E-state index contributed by atoms with van der Waals surface area (Å²) >= 11 is 3.39. The van der Waals surface area contributed by atoms with Gasteiger partial charge in [0.05, 0.1) is 5.69 Å². The Morgan fingerprint density at radius 3 is 2.65 bits per heavy atom. The van der Waals surface area contributed by atoms with Crippen LogP contribution in [0.5, 0.6) is 0 Å². The SMILES string of the molecule is OC1(c2ccc(Br)cn2)CCC(N[C@H]2CCNC2)CC1. The molecule has 110 valence electrons. The fourth-order valence-electron chi connectivity index (χ4n) is 3.30. The summed E-state index contributed by atoms with van der Waals surface area (Å²) in [5.41, 5.74) is 0.0639. The lowest BCUT2D eigenvalue weighted by Gasteiger charge is -2.37. The summed E-state index contributed by atoms with van der Waals surface area (Å²) in [6.07, 6.45) is 6.60. The van der Waals surface area contributed by atoms with Gasteiger partial charge >= 0.3 is 0 Å². The molecule has 0 unspecified atom stereocenters. The van der Waals surface area contributed by atoms with Crippen LogP contribution in [-0.2, 0) is 5.60 Å². The Morgan fingerprint density at radius 1 is 1.25 bits per heavy atom. The third-order valence-electron chi connectivity index (χ3n) is 4.55. The van der Waals surface area contributed by atoms with Gasteiger partial charge in [0.1, 0.15) is 5.60 Å². The molecule has 20 heavy (non-hydrogen) atoms. The number of aliphatic hydroxyl groups is 1. The molecular formula is C15H22BrN3O. The zero-order valence-electron chi connectivity index (χ0n) is 11.6. The first-order valence-corrected chi connectivity index (χ1v) is 8.26. The Hall–Kier alpha value is -0.490. The smallest absolute Gasteiger partial charge is 0.107 e. The van der Waals surface area contributed by atoms with Crippen LogP contribution in [0.4, 0.5) is 0 Å². The first-order valence-electron chi connectivity index (χ1n) is 7.47. The predicted octanol–water partition coefficient (Wildman–Crippen LogP) is 1.93. The van der Waals surface area contributed by atoms with E-state index in [0.29, 0.717) is 12.1 Å². The number of hydrogen-bond donors (Lipinski definition) is 3. The van der Waals surface area contributed by atoms with Crippen molar-refractivity contribution in [3.63, 3.8) is 0 Å².